The fraction of sp³-hybridized carbons (Fsp3) is 0.0909. The molecule has 0 aromatic carbocycles. The van der Waals surface area contributed by atoms with Crippen LogP contribution in [-0.2, 0) is 0 Å². The maximum atomic E-state index is 11.1. The minimum atomic E-state index is 0.108. The lowest BCUT2D eigenvalue weighted by molar-refractivity contribution is 0.101. The number of Topliss-reactive ketones (excluding diaryl/α,β-unsaturated/α-hetero) is 1. The third-order valence-corrected chi connectivity index (χ3v) is 2.93. The van der Waals surface area contributed by atoms with Gasteiger partial charge in [0, 0.05) is 33.8 Å². The van der Waals surface area contributed by atoms with E-state index in [-0.39, 0.29) is 5.78 Å². The molecule has 14 heavy (non-hydrogen) atoms. The summed E-state index contributed by atoms with van der Waals surface area (Å²) in [6.07, 6.45) is 3.54. The molecule has 2 aromatic rings. The van der Waals surface area contributed by atoms with E-state index < -0.39 is 0 Å². The molecular weight excluding hydrogens is 194 g/mol. The van der Waals surface area contributed by atoms with Crippen LogP contribution in [0.5, 0.6) is 0 Å². The highest BCUT2D eigenvalue weighted by Crippen LogP contribution is 2.26. The predicted octanol–water partition coefficient (Wildman–Crippen LogP) is 3.01. The summed E-state index contributed by atoms with van der Waals surface area (Å²) in [6.45, 7) is 1.58. The summed E-state index contributed by atoms with van der Waals surface area (Å²) in [5, 5.41) is 1.88. The molecule has 0 aliphatic heterocycles. The van der Waals surface area contributed by atoms with Crippen LogP contribution in [0.4, 0.5) is 0 Å². The fourth-order valence-corrected chi connectivity index (χ4v) is 2.12. The van der Waals surface area contributed by atoms with E-state index in [1.807, 2.05) is 23.6 Å². The molecular formula is C11H9NOS. The van der Waals surface area contributed by atoms with Crippen molar-refractivity contribution < 1.29 is 4.79 Å². The van der Waals surface area contributed by atoms with Gasteiger partial charge in [0.05, 0.1) is 0 Å². The number of carbonyl (C=O) groups excluding carboxylic acids is 1. The summed E-state index contributed by atoms with van der Waals surface area (Å²) in [6, 6.07) is 5.79. The van der Waals surface area contributed by atoms with Gasteiger partial charge in [-0.2, -0.15) is 0 Å². The Kier molecular flexibility index (Phi) is 2.41. The second-order valence-electron chi connectivity index (χ2n) is 3.00. The van der Waals surface area contributed by atoms with E-state index in [9.17, 15) is 4.79 Å². The van der Waals surface area contributed by atoms with Gasteiger partial charge in [-0.1, -0.05) is 6.07 Å². The molecule has 2 rings (SSSR count). The van der Waals surface area contributed by atoms with E-state index in [2.05, 4.69) is 4.98 Å². The van der Waals surface area contributed by atoms with E-state index in [4.69, 9.17) is 0 Å². The van der Waals surface area contributed by atoms with Gasteiger partial charge in [0.2, 0.25) is 0 Å². The minimum Gasteiger partial charge on any atom is -0.294 e. The lowest BCUT2D eigenvalue weighted by Crippen LogP contribution is -1.86. The van der Waals surface area contributed by atoms with Crippen LogP contribution in [0.1, 0.15) is 17.3 Å². The SMILES string of the molecule is CC(=O)c1csc(-c2cccnc2)c1. The van der Waals surface area contributed by atoms with Crippen LogP contribution in [0, 0.1) is 0 Å². The summed E-state index contributed by atoms with van der Waals surface area (Å²) in [5.41, 5.74) is 1.83. The molecule has 0 aliphatic rings. The largest absolute Gasteiger partial charge is 0.294 e. The molecule has 2 heterocycles. The molecule has 0 aliphatic carbocycles. The Morgan fingerprint density at radius 2 is 2.36 bits per heavy atom. The Hall–Kier alpha value is -1.48. The van der Waals surface area contributed by atoms with Crippen molar-refractivity contribution in [1.29, 1.82) is 0 Å². The van der Waals surface area contributed by atoms with E-state index in [0.717, 1.165) is 16.0 Å². The Morgan fingerprint density at radius 3 is 2.93 bits per heavy atom. The van der Waals surface area contributed by atoms with Gasteiger partial charge in [-0.05, 0) is 19.1 Å². The van der Waals surface area contributed by atoms with Crippen LogP contribution in [0.2, 0.25) is 0 Å². The van der Waals surface area contributed by atoms with Gasteiger partial charge >= 0.3 is 0 Å². The molecule has 0 saturated carbocycles. The molecule has 0 atom stereocenters. The average molecular weight is 203 g/mol. The molecule has 0 saturated heterocycles. The Bertz CT molecular complexity index is 447. The highest BCUT2D eigenvalue weighted by atomic mass is 32.1. The number of aromatic nitrogens is 1. The monoisotopic (exact) mass is 203 g/mol. The fourth-order valence-electron chi connectivity index (χ4n) is 1.18. The van der Waals surface area contributed by atoms with Crippen LogP contribution in [-0.4, -0.2) is 10.8 Å². The molecule has 2 nitrogen and oxygen atoms in total. The summed E-state index contributed by atoms with van der Waals surface area (Å²) >= 11 is 1.57. The first-order valence-corrected chi connectivity index (χ1v) is 5.15. The molecule has 0 radical (unpaired) electrons. The van der Waals surface area contributed by atoms with Crippen LogP contribution in [0.3, 0.4) is 0 Å². The zero-order valence-electron chi connectivity index (χ0n) is 7.73. The van der Waals surface area contributed by atoms with Crippen LogP contribution < -0.4 is 0 Å². The quantitative estimate of drug-likeness (QED) is 0.702. The number of thiophene rings is 1. The lowest BCUT2D eigenvalue weighted by Gasteiger charge is -1.93. The number of carbonyl (C=O) groups is 1. The lowest BCUT2D eigenvalue weighted by atomic mass is 10.2. The third kappa shape index (κ3) is 1.72. The Morgan fingerprint density at radius 1 is 1.50 bits per heavy atom. The number of hydrogen-bond acceptors (Lipinski definition) is 3. The topological polar surface area (TPSA) is 30.0 Å². The molecule has 2 aromatic heterocycles. The first kappa shape index (κ1) is 9.09. The molecule has 0 bridgehead atoms. The third-order valence-electron chi connectivity index (χ3n) is 1.95. The van der Waals surface area contributed by atoms with Gasteiger partial charge in [0.25, 0.3) is 0 Å². The van der Waals surface area contributed by atoms with Gasteiger partial charge in [0.1, 0.15) is 0 Å². The van der Waals surface area contributed by atoms with Gasteiger partial charge in [-0.25, -0.2) is 0 Å². The van der Waals surface area contributed by atoms with Crippen molar-refractivity contribution in [2.24, 2.45) is 0 Å². The standard InChI is InChI=1S/C11H9NOS/c1-8(13)10-5-11(14-7-10)9-3-2-4-12-6-9/h2-7H,1H3. The predicted molar refractivity (Wildman–Crippen MR) is 57.6 cm³/mol. The average Bonchev–Trinajstić information content (AvgIpc) is 2.68. The summed E-state index contributed by atoms with van der Waals surface area (Å²) in [5.74, 6) is 0.108. The first-order chi connectivity index (χ1) is 6.77. The molecule has 70 valence electrons. The summed E-state index contributed by atoms with van der Waals surface area (Å²) in [4.78, 5) is 16.2. The van der Waals surface area contributed by atoms with E-state index in [1.54, 1.807) is 30.7 Å². The van der Waals surface area contributed by atoms with Crippen LogP contribution in [0.15, 0.2) is 36.0 Å². The maximum absolute atomic E-state index is 11.1. The van der Waals surface area contributed by atoms with Gasteiger partial charge in [0.15, 0.2) is 5.78 Å². The number of ketones is 1. The van der Waals surface area contributed by atoms with Crippen LogP contribution >= 0.6 is 11.3 Å². The number of hydrogen-bond donors (Lipinski definition) is 0. The second-order valence-corrected chi connectivity index (χ2v) is 3.91. The number of pyridine rings is 1. The molecule has 3 heteroatoms. The molecule has 0 unspecified atom stereocenters. The van der Waals surface area contributed by atoms with Crippen molar-refractivity contribution >= 4 is 17.1 Å². The molecule has 0 amide bonds. The smallest absolute Gasteiger partial charge is 0.160 e. The Labute approximate surface area is 86.2 Å². The highest BCUT2D eigenvalue weighted by Gasteiger charge is 2.05. The minimum absolute atomic E-state index is 0.108. The number of nitrogens with zero attached hydrogens (tertiary/aromatic N) is 1. The van der Waals surface area contributed by atoms with Gasteiger partial charge < -0.3 is 0 Å². The molecule has 0 N–H and O–H groups in total. The summed E-state index contributed by atoms with van der Waals surface area (Å²) in [7, 11) is 0. The second kappa shape index (κ2) is 3.72. The van der Waals surface area contributed by atoms with Crippen molar-refractivity contribution in [2.75, 3.05) is 0 Å². The van der Waals surface area contributed by atoms with Gasteiger partial charge in [-0.3, -0.25) is 9.78 Å². The van der Waals surface area contributed by atoms with Crippen molar-refractivity contribution in [2.45, 2.75) is 6.92 Å². The molecule has 0 fully saturated rings. The van der Waals surface area contributed by atoms with E-state index >= 15 is 0 Å². The van der Waals surface area contributed by atoms with E-state index in [1.165, 1.54) is 0 Å². The molecule has 0 spiro atoms. The van der Waals surface area contributed by atoms with E-state index in [0.29, 0.717) is 0 Å². The van der Waals surface area contributed by atoms with Crippen molar-refractivity contribution in [3.8, 4) is 10.4 Å². The van der Waals surface area contributed by atoms with Crippen molar-refractivity contribution in [3.63, 3.8) is 0 Å². The normalized spacial score (nSPS) is 10.1. The summed E-state index contributed by atoms with van der Waals surface area (Å²) < 4.78 is 0. The number of rotatable bonds is 2. The van der Waals surface area contributed by atoms with Crippen LogP contribution in [0.25, 0.3) is 10.4 Å². The maximum Gasteiger partial charge on any atom is 0.160 e. The zero-order valence-corrected chi connectivity index (χ0v) is 8.54. The van der Waals surface area contributed by atoms with Crippen molar-refractivity contribution in [1.82, 2.24) is 4.98 Å². The van der Waals surface area contributed by atoms with Gasteiger partial charge in [-0.15, -0.1) is 11.3 Å². The Balaban J connectivity index is 2.39. The first-order valence-electron chi connectivity index (χ1n) is 4.27. The highest BCUT2D eigenvalue weighted by molar-refractivity contribution is 7.13. The zero-order chi connectivity index (χ0) is 9.97. The van der Waals surface area contributed by atoms with Crippen molar-refractivity contribution in [3.05, 3.63) is 41.5 Å².